The number of hydrogen-bond acceptors (Lipinski definition) is 4. The van der Waals surface area contributed by atoms with Crippen molar-refractivity contribution in [3.05, 3.63) is 67.0 Å². The van der Waals surface area contributed by atoms with Gasteiger partial charge in [0, 0.05) is 19.3 Å². The van der Waals surface area contributed by atoms with Crippen LogP contribution in [-0.2, 0) is 4.79 Å². The molecule has 3 aromatic rings. The van der Waals surface area contributed by atoms with Crippen LogP contribution in [0.3, 0.4) is 0 Å². The van der Waals surface area contributed by atoms with E-state index < -0.39 is 0 Å². The quantitative estimate of drug-likeness (QED) is 0.719. The van der Waals surface area contributed by atoms with Crippen LogP contribution in [0.5, 0.6) is 5.75 Å². The molecule has 25 heavy (non-hydrogen) atoms. The Kier molecular flexibility index (Phi) is 4.16. The summed E-state index contributed by atoms with van der Waals surface area (Å²) < 4.78 is 7.40. The first-order valence-electron chi connectivity index (χ1n) is 8.21. The van der Waals surface area contributed by atoms with Crippen molar-refractivity contribution < 1.29 is 9.53 Å². The summed E-state index contributed by atoms with van der Waals surface area (Å²) in [6.07, 6.45) is 3.46. The number of aromatic nitrogens is 3. The molecule has 0 bridgehead atoms. The molecule has 6 heteroatoms. The van der Waals surface area contributed by atoms with Gasteiger partial charge in [-0.3, -0.25) is 4.79 Å². The highest BCUT2D eigenvalue weighted by Crippen LogP contribution is 2.23. The number of hydrogen-bond donors (Lipinski definition) is 0. The minimum atomic E-state index is -0.0106. The van der Waals surface area contributed by atoms with Gasteiger partial charge in [-0.1, -0.05) is 47.7 Å². The Morgan fingerprint density at radius 2 is 1.76 bits per heavy atom. The summed E-state index contributed by atoms with van der Waals surface area (Å²) in [4.78, 5) is 13.9. The average molecular weight is 334 g/mol. The highest BCUT2D eigenvalue weighted by atomic mass is 16.5. The molecule has 0 unspecified atom stereocenters. The maximum absolute atomic E-state index is 12.2. The van der Waals surface area contributed by atoms with Crippen LogP contribution in [0.4, 0.5) is 0 Å². The lowest BCUT2D eigenvalue weighted by atomic mass is 10.1. The third kappa shape index (κ3) is 3.38. The van der Waals surface area contributed by atoms with Crippen molar-refractivity contribution in [2.24, 2.45) is 0 Å². The van der Waals surface area contributed by atoms with E-state index in [1.807, 2.05) is 48.7 Å². The van der Waals surface area contributed by atoms with E-state index in [-0.39, 0.29) is 18.6 Å². The Labute approximate surface area is 145 Å². The zero-order valence-corrected chi connectivity index (χ0v) is 13.7. The standard InChI is InChI=1S/C19H18N4O2/c24-19(22-12-17(13-22)23-11-10-20-21-23)14-25-18-8-6-16(7-9-18)15-4-2-1-3-5-15/h1-11,17H,12-14H2. The molecule has 0 radical (unpaired) electrons. The molecule has 0 saturated carbocycles. The van der Waals surface area contributed by atoms with Gasteiger partial charge in [-0.05, 0) is 23.3 Å². The van der Waals surface area contributed by atoms with Crippen LogP contribution in [0, 0.1) is 0 Å². The summed E-state index contributed by atoms with van der Waals surface area (Å²) in [6.45, 7) is 1.35. The number of ether oxygens (including phenoxy) is 1. The van der Waals surface area contributed by atoms with Gasteiger partial charge in [-0.15, -0.1) is 5.10 Å². The molecule has 0 spiro atoms. The SMILES string of the molecule is O=C(COc1ccc(-c2ccccc2)cc1)N1CC(n2ccnn2)C1. The lowest BCUT2D eigenvalue weighted by molar-refractivity contribution is -0.139. The number of carbonyl (C=O) groups is 1. The molecule has 1 saturated heterocycles. The van der Waals surface area contributed by atoms with Crippen molar-refractivity contribution in [2.45, 2.75) is 6.04 Å². The lowest BCUT2D eigenvalue weighted by Crippen LogP contribution is -2.52. The van der Waals surface area contributed by atoms with Crippen molar-refractivity contribution >= 4 is 5.91 Å². The van der Waals surface area contributed by atoms with E-state index in [1.165, 1.54) is 0 Å². The number of benzene rings is 2. The second-order valence-corrected chi connectivity index (χ2v) is 6.01. The van der Waals surface area contributed by atoms with Gasteiger partial charge in [0.05, 0.1) is 12.2 Å². The number of amides is 1. The first-order chi connectivity index (χ1) is 12.3. The zero-order valence-electron chi connectivity index (χ0n) is 13.7. The van der Waals surface area contributed by atoms with Gasteiger partial charge < -0.3 is 9.64 Å². The second-order valence-electron chi connectivity index (χ2n) is 6.01. The fourth-order valence-corrected chi connectivity index (χ4v) is 2.85. The van der Waals surface area contributed by atoms with Crippen molar-refractivity contribution in [3.63, 3.8) is 0 Å². The van der Waals surface area contributed by atoms with Crippen molar-refractivity contribution in [3.8, 4) is 16.9 Å². The fraction of sp³-hybridized carbons (Fsp3) is 0.211. The van der Waals surface area contributed by atoms with Gasteiger partial charge in [-0.25, -0.2) is 4.68 Å². The highest BCUT2D eigenvalue weighted by Gasteiger charge is 2.32. The zero-order chi connectivity index (χ0) is 17.1. The van der Waals surface area contributed by atoms with Crippen molar-refractivity contribution in [1.29, 1.82) is 0 Å². The van der Waals surface area contributed by atoms with Crippen molar-refractivity contribution in [2.75, 3.05) is 19.7 Å². The van der Waals surface area contributed by atoms with Gasteiger partial charge in [0.25, 0.3) is 5.91 Å². The predicted molar refractivity (Wildman–Crippen MR) is 93.0 cm³/mol. The van der Waals surface area contributed by atoms with Crippen LogP contribution in [0.25, 0.3) is 11.1 Å². The van der Waals surface area contributed by atoms with Crippen LogP contribution in [0.15, 0.2) is 67.0 Å². The summed E-state index contributed by atoms with van der Waals surface area (Å²) >= 11 is 0. The third-order valence-electron chi connectivity index (χ3n) is 4.35. The van der Waals surface area contributed by atoms with Crippen LogP contribution in [-0.4, -0.2) is 45.5 Å². The van der Waals surface area contributed by atoms with E-state index >= 15 is 0 Å². The predicted octanol–water partition coefficient (Wildman–Crippen LogP) is 2.41. The molecule has 126 valence electrons. The molecule has 1 aliphatic heterocycles. The molecular formula is C19H18N4O2. The van der Waals surface area contributed by atoms with Gasteiger partial charge in [0.1, 0.15) is 5.75 Å². The summed E-state index contributed by atoms with van der Waals surface area (Å²) in [5.41, 5.74) is 2.28. The molecule has 0 aliphatic carbocycles. The minimum absolute atomic E-state index is 0.0106. The van der Waals surface area contributed by atoms with Gasteiger partial charge in [-0.2, -0.15) is 0 Å². The highest BCUT2D eigenvalue weighted by molar-refractivity contribution is 5.78. The van der Waals surface area contributed by atoms with Crippen LogP contribution in [0.2, 0.25) is 0 Å². The molecule has 1 amide bonds. The third-order valence-corrected chi connectivity index (χ3v) is 4.35. The minimum Gasteiger partial charge on any atom is -0.484 e. The van der Waals surface area contributed by atoms with Crippen molar-refractivity contribution in [1.82, 2.24) is 19.9 Å². The molecule has 4 rings (SSSR count). The first kappa shape index (κ1) is 15.4. The second kappa shape index (κ2) is 6.76. The Bertz CT molecular complexity index is 826. The van der Waals surface area contributed by atoms with E-state index in [0.29, 0.717) is 18.8 Å². The molecule has 6 nitrogen and oxygen atoms in total. The molecule has 1 aliphatic rings. The number of rotatable bonds is 5. The normalized spacial score (nSPS) is 14.2. The summed E-state index contributed by atoms with van der Waals surface area (Å²) in [7, 11) is 0. The van der Waals surface area contributed by atoms with Crippen LogP contribution < -0.4 is 4.74 Å². The molecule has 1 aromatic heterocycles. The fourth-order valence-electron chi connectivity index (χ4n) is 2.85. The van der Waals surface area contributed by atoms with Crippen LogP contribution >= 0.6 is 0 Å². The number of carbonyl (C=O) groups excluding carboxylic acids is 1. The van der Waals surface area contributed by atoms with Gasteiger partial charge in [0.2, 0.25) is 0 Å². The van der Waals surface area contributed by atoms with E-state index in [9.17, 15) is 4.79 Å². The van der Waals surface area contributed by atoms with E-state index in [0.717, 1.165) is 11.1 Å². The van der Waals surface area contributed by atoms with E-state index in [4.69, 9.17) is 4.74 Å². The van der Waals surface area contributed by atoms with E-state index in [1.54, 1.807) is 15.8 Å². The molecular weight excluding hydrogens is 316 g/mol. The Morgan fingerprint density at radius 3 is 2.44 bits per heavy atom. The molecule has 2 heterocycles. The Hall–Kier alpha value is -3.15. The van der Waals surface area contributed by atoms with Gasteiger partial charge in [0.15, 0.2) is 6.61 Å². The average Bonchev–Trinajstić information content (AvgIpc) is 3.14. The Morgan fingerprint density at radius 1 is 1.04 bits per heavy atom. The smallest absolute Gasteiger partial charge is 0.260 e. The molecule has 2 aromatic carbocycles. The summed E-state index contributed by atoms with van der Waals surface area (Å²) in [6, 6.07) is 18.2. The monoisotopic (exact) mass is 334 g/mol. The molecule has 0 atom stereocenters. The number of likely N-dealkylation sites (tertiary alicyclic amines) is 1. The molecule has 1 fully saturated rings. The van der Waals surface area contributed by atoms with E-state index in [2.05, 4.69) is 22.4 Å². The largest absolute Gasteiger partial charge is 0.484 e. The summed E-state index contributed by atoms with van der Waals surface area (Å²) in [5, 5.41) is 7.74. The number of nitrogens with zero attached hydrogens (tertiary/aromatic N) is 4. The molecule has 0 N–H and O–H groups in total. The van der Waals surface area contributed by atoms with Gasteiger partial charge >= 0.3 is 0 Å². The van der Waals surface area contributed by atoms with Crippen LogP contribution in [0.1, 0.15) is 6.04 Å². The maximum atomic E-state index is 12.2. The topological polar surface area (TPSA) is 60.2 Å². The Balaban J connectivity index is 1.28. The first-order valence-corrected chi connectivity index (χ1v) is 8.21. The lowest BCUT2D eigenvalue weighted by Gasteiger charge is -2.38. The maximum Gasteiger partial charge on any atom is 0.260 e. The summed E-state index contributed by atoms with van der Waals surface area (Å²) in [5.74, 6) is 0.685.